The molecule has 410 valence electrons. The Balaban J connectivity index is 1.01. The van der Waals surface area contributed by atoms with Crippen LogP contribution in [0.2, 0.25) is 0 Å². The van der Waals surface area contributed by atoms with Crippen molar-refractivity contribution in [1.82, 2.24) is 29.2 Å². The molecule has 0 aliphatic carbocycles. The van der Waals surface area contributed by atoms with Crippen LogP contribution in [0.25, 0.3) is 11.0 Å². The van der Waals surface area contributed by atoms with Crippen LogP contribution in [-0.2, 0) is 43.5 Å². The van der Waals surface area contributed by atoms with E-state index in [9.17, 15) is 40.8 Å². The lowest BCUT2D eigenvalue weighted by molar-refractivity contribution is -0.0756. The number of phosphoric ester groups is 1. The van der Waals surface area contributed by atoms with Crippen LogP contribution in [0.1, 0.15) is 127 Å². The SMILES string of the molecule is CCCCCCCCCCCCCCCCCCOC[C@H](COP(=O)(OC[C@H]1O[C@@](C#N)(c2ccc3c(N)ncnn23)[C@H](O)[C@@H]1O)OC[C@H]1O[C@@](C#N)(c2ccc3c(N)ncnn23)[C@H](O)[C@@H]1O)Oc1cccc(C#N)c1. The quantitative estimate of drug-likeness (QED) is 0.0210. The van der Waals surface area contributed by atoms with Crippen LogP contribution < -0.4 is 16.2 Å². The van der Waals surface area contributed by atoms with E-state index in [2.05, 4.69) is 33.2 Å². The summed E-state index contributed by atoms with van der Waals surface area (Å²) in [6, 6.07) is 18.2. The second-order valence-corrected chi connectivity index (χ2v) is 21.0. The molecule has 5 aromatic rings. The van der Waals surface area contributed by atoms with Crippen molar-refractivity contribution in [2.45, 2.75) is 164 Å². The van der Waals surface area contributed by atoms with Crippen molar-refractivity contribution in [3.05, 3.63) is 78.1 Å². The molecule has 2 aliphatic heterocycles. The zero-order valence-corrected chi connectivity index (χ0v) is 43.7. The number of phosphoric acid groups is 1. The first-order valence-corrected chi connectivity index (χ1v) is 27.7. The van der Waals surface area contributed by atoms with Crippen LogP contribution in [0.4, 0.5) is 11.6 Å². The molecule has 0 radical (unpaired) electrons. The summed E-state index contributed by atoms with van der Waals surface area (Å²) in [5, 5.41) is 84.4. The summed E-state index contributed by atoms with van der Waals surface area (Å²) in [5.74, 6) is 0.415. The molecule has 2 saturated heterocycles. The van der Waals surface area contributed by atoms with E-state index < -0.39 is 81.6 Å². The van der Waals surface area contributed by atoms with Crippen LogP contribution in [0.3, 0.4) is 0 Å². The molecule has 0 saturated carbocycles. The number of nitrogen functional groups attached to an aromatic ring is 2. The molecule has 0 unspecified atom stereocenters. The zero-order chi connectivity index (χ0) is 54.1. The molecule has 6 heterocycles. The van der Waals surface area contributed by atoms with Crippen molar-refractivity contribution >= 4 is 30.5 Å². The lowest BCUT2D eigenvalue weighted by atomic mass is 9.92. The summed E-state index contributed by atoms with van der Waals surface area (Å²) >= 11 is 0. The predicted molar refractivity (Wildman–Crippen MR) is 275 cm³/mol. The molecule has 76 heavy (non-hydrogen) atoms. The largest absolute Gasteiger partial charge is 0.486 e. The third-order valence-electron chi connectivity index (χ3n) is 13.9. The van der Waals surface area contributed by atoms with Crippen molar-refractivity contribution in [2.24, 2.45) is 0 Å². The fourth-order valence-electron chi connectivity index (χ4n) is 9.63. The number of fused-ring (bicyclic) bond motifs is 2. The molecule has 8 N–H and O–H groups in total. The van der Waals surface area contributed by atoms with Crippen LogP contribution in [-0.4, -0.2) is 125 Å². The van der Waals surface area contributed by atoms with Gasteiger partial charge >= 0.3 is 7.82 Å². The highest BCUT2D eigenvalue weighted by molar-refractivity contribution is 7.48. The zero-order valence-electron chi connectivity index (χ0n) is 42.8. The van der Waals surface area contributed by atoms with Gasteiger partial charge < -0.3 is 50.8 Å². The van der Waals surface area contributed by atoms with Gasteiger partial charge in [-0.1, -0.05) is 109 Å². The maximum Gasteiger partial charge on any atom is 0.475 e. The van der Waals surface area contributed by atoms with Gasteiger partial charge in [0.25, 0.3) is 0 Å². The van der Waals surface area contributed by atoms with E-state index in [0.717, 1.165) is 38.3 Å². The highest BCUT2D eigenvalue weighted by Gasteiger charge is 2.59. The van der Waals surface area contributed by atoms with Gasteiger partial charge in [-0.15, -0.1) is 0 Å². The second kappa shape index (κ2) is 27.5. The second-order valence-electron chi connectivity index (χ2n) is 19.3. The Kier molecular flexibility index (Phi) is 20.9. The maximum absolute atomic E-state index is 14.9. The van der Waals surface area contributed by atoms with Crippen molar-refractivity contribution < 1.29 is 57.5 Å². The molecule has 4 aromatic heterocycles. The van der Waals surface area contributed by atoms with Gasteiger partial charge in [0.1, 0.15) is 84.3 Å². The predicted octanol–water partition coefficient (Wildman–Crippen LogP) is 6.07. The van der Waals surface area contributed by atoms with Gasteiger partial charge in [-0.2, -0.15) is 26.0 Å². The number of nitrogens with zero attached hydrogens (tertiary/aromatic N) is 9. The Bertz CT molecular complexity index is 2700. The monoisotopic (exact) mass is 1070 g/mol. The molecule has 0 amide bonds. The number of aliphatic hydroxyl groups excluding tert-OH is 4. The average Bonchev–Trinajstić information content (AvgIpc) is 4.23. The Morgan fingerprint density at radius 2 is 1.14 bits per heavy atom. The van der Waals surface area contributed by atoms with E-state index in [-0.39, 0.29) is 46.4 Å². The number of unbranched alkanes of at least 4 members (excludes halogenated alkanes) is 15. The minimum atomic E-state index is -4.97. The van der Waals surface area contributed by atoms with Gasteiger partial charge in [-0.05, 0) is 48.9 Å². The van der Waals surface area contributed by atoms with Gasteiger partial charge in [-0.25, -0.2) is 23.6 Å². The number of hydrogen-bond acceptors (Lipinski definition) is 21. The number of rotatable bonds is 32. The maximum atomic E-state index is 14.9. The number of aromatic nitrogens is 6. The Labute approximate surface area is 441 Å². The van der Waals surface area contributed by atoms with Crippen LogP contribution >= 0.6 is 7.82 Å². The van der Waals surface area contributed by atoms with E-state index in [0.29, 0.717) is 12.2 Å². The molecule has 2 aliphatic rings. The fourth-order valence-corrected chi connectivity index (χ4v) is 10.9. The molecule has 9 atom stereocenters. The fraction of sp³-hybridized carbons (Fsp3) is 0.596. The summed E-state index contributed by atoms with van der Waals surface area (Å²) in [5.41, 5.74) is 8.44. The third-order valence-corrected chi connectivity index (χ3v) is 15.3. The first-order valence-electron chi connectivity index (χ1n) is 26.2. The summed E-state index contributed by atoms with van der Waals surface area (Å²) in [7, 11) is -4.97. The van der Waals surface area contributed by atoms with Crippen LogP contribution in [0.15, 0.2) is 61.2 Å². The minimum absolute atomic E-state index is 0.000644. The van der Waals surface area contributed by atoms with Crippen molar-refractivity contribution in [1.29, 1.82) is 15.8 Å². The number of anilines is 2. The average molecular weight is 1070 g/mol. The van der Waals surface area contributed by atoms with Gasteiger partial charge in [0, 0.05) is 6.61 Å². The number of aliphatic hydroxyl groups is 4. The van der Waals surface area contributed by atoms with Crippen molar-refractivity contribution in [3.8, 4) is 24.0 Å². The summed E-state index contributed by atoms with van der Waals surface area (Å²) in [6.45, 7) is 0.388. The number of nitrogens with two attached hydrogens (primary N) is 2. The van der Waals surface area contributed by atoms with E-state index in [1.165, 1.54) is 116 Å². The molecular weight excluding hydrogens is 1000 g/mol. The summed E-state index contributed by atoms with van der Waals surface area (Å²) in [6.07, 6.45) is 10.3. The van der Waals surface area contributed by atoms with E-state index >= 15 is 0 Å². The Hall–Kier alpha value is -5.84. The topological polar surface area (TPSA) is 346 Å². The molecule has 24 heteroatoms. The Morgan fingerprint density at radius 3 is 1.61 bits per heavy atom. The molecule has 0 bridgehead atoms. The highest BCUT2D eigenvalue weighted by atomic mass is 31.2. The van der Waals surface area contributed by atoms with E-state index in [1.54, 1.807) is 18.2 Å². The van der Waals surface area contributed by atoms with Crippen molar-refractivity contribution in [2.75, 3.05) is 44.5 Å². The number of hydrogen-bond donors (Lipinski definition) is 6. The smallest absolute Gasteiger partial charge is 0.475 e. The summed E-state index contributed by atoms with van der Waals surface area (Å²) < 4.78 is 59.4. The Morgan fingerprint density at radius 1 is 0.671 bits per heavy atom. The van der Waals surface area contributed by atoms with E-state index in [1.807, 2.05) is 12.1 Å². The van der Waals surface area contributed by atoms with E-state index in [4.69, 9.17) is 44.0 Å². The number of benzene rings is 1. The van der Waals surface area contributed by atoms with Gasteiger partial charge in [0.05, 0.1) is 49.4 Å². The molecule has 7 rings (SSSR count). The lowest BCUT2D eigenvalue weighted by Crippen LogP contribution is -2.41. The van der Waals surface area contributed by atoms with Gasteiger partial charge in [0.2, 0.25) is 11.2 Å². The molecule has 0 spiro atoms. The van der Waals surface area contributed by atoms with Crippen LogP contribution in [0.5, 0.6) is 5.75 Å². The first kappa shape index (κ1) is 57.9. The van der Waals surface area contributed by atoms with Crippen molar-refractivity contribution in [3.63, 3.8) is 0 Å². The normalized spacial score (nSPS) is 23.9. The first-order chi connectivity index (χ1) is 36.8. The molecular formula is C52H70N11O12P. The van der Waals surface area contributed by atoms with Gasteiger partial charge in [0.15, 0.2) is 11.6 Å². The standard InChI is InChI=1S/C52H70N11O12P/c1-2-3-4-5-6-7-8-9-10-11-12-13-14-15-16-17-25-69-28-38(73-37-20-18-19-36(26-37)27-53)29-70-76(68,71-30-41-45(64)47(66)51(32-54,74-41)43-23-21-39-49(56)58-34-60-62(39)43)72-31-42-46(65)48(67)52(33-55,75-42)44-24-22-40-50(57)59-35-61-63(40)44/h18-24,26,34-35,38,41-42,45-48,64-67H,2-17,25,28-31H2,1H3,(H2,56,58,60)(H2,57,59,61)/t38-,41-,42-,45-,46-,47-,48-,51+,52+/m1/s1. The number of nitriles is 3. The lowest BCUT2D eigenvalue weighted by Gasteiger charge is -2.26. The summed E-state index contributed by atoms with van der Waals surface area (Å²) in [4.78, 5) is 7.90. The molecule has 1 aromatic carbocycles. The molecule has 23 nitrogen and oxygen atoms in total. The highest BCUT2D eigenvalue weighted by Crippen LogP contribution is 2.52. The third kappa shape index (κ3) is 13.6. The van der Waals surface area contributed by atoms with Crippen LogP contribution in [0, 0.1) is 34.0 Å². The minimum Gasteiger partial charge on any atom is -0.486 e. The number of ether oxygens (including phenoxy) is 4. The molecule has 2 fully saturated rings. The van der Waals surface area contributed by atoms with Gasteiger partial charge in [-0.3, -0.25) is 13.6 Å².